The summed E-state index contributed by atoms with van der Waals surface area (Å²) >= 11 is 0. The highest BCUT2D eigenvalue weighted by Crippen LogP contribution is 2.39. The third-order valence-corrected chi connectivity index (χ3v) is 9.23. The number of hydrogen-bond acceptors (Lipinski definition) is 19. The minimum atomic E-state index is -1.93. The third-order valence-electron chi connectivity index (χ3n) is 9.23. The quantitative estimate of drug-likeness (QED) is 0.110. The second kappa shape index (κ2) is 15.0. The SMILES string of the molecule is C[C@@H]1O[C@@H](Oc2cc(O)c3c(=O)c(O[C@@H]4O[C@H](CO)[C@H](O)[C@H](O)[C@H]4O[C@@H]4O[C@@H](C)[C@H](O)[C@@H](O)[C@H]4O)c(-c4cccc(O)c4)oc3c2)[C@H](O)[C@H](O)[C@H]1O. The third kappa shape index (κ3) is 7.03. The minimum absolute atomic E-state index is 0.0429. The van der Waals surface area contributed by atoms with Crippen LogP contribution in [0.3, 0.4) is 0 Å². The molecule has 3 fully saturated rings. The number of phenols is 2. The summed E-state index contributed by atoms with van der Waals surface area (Å²) in [6, 6.07) is 7.47. The lowest BCUT2D eigenvalue weighted by atomic mass is 9.97. The van der Waals surface area contributed by atoms with Crippen molar-refractivity contribution in [3.05, 3.63) is 46.6 Å². The zero-order valence-corrected chi connectivity index (χ0v) is 27.5. The molecule has 0 spiro atoms. The molecule has 3 aliphatic rings. The molecule has 0 aliphatic carbocycles. The van der Waals surface area contributed by atoms with Crippen LogP contribution in [0.25, 0.3) is 22.3 Å². The first kappa shape index (κ1) is 38.1. The minimum Gasteiger partial charge on any atom is -0.508 e. The molecule has 2 aromatic carbocycles. The van der Waals surface area contributed by atoms with Crippen LogP contribution >= 0.6 is 0 Å². The summed E-state index contributed by atoms with van der Waals surface area (Å²) in [6.45, 7) is 1.96. The molecular formula is C33H40O19. The number of fused-ring (bicyclic) bond motifs is 1. The highest BCUT2D eigenvalue weighted by molar-refractivity contribution is 5.88. The summed E-state index contributed by atoms with van der Waals surface area (Å²) in [7, 11) is 0. The largest absolute Gasteiger partial charge is 0.508 e. The Labute approximate surface area is 293 Å². The highest BCUT2D eigenvalue weighted by Gasteiger charge is 2.51. The lowest BCUT2D eigenvalue weighted by Gasteiger charge is -2.45. The number of hydrogen-bond donors (Lipinski definition) is 11. The van der Waals surface area contributed by atoms with Crippen molar-refractivity contribution in [3.63, 3.8) is 0 Å². The van der Waals surface area contributed by atoms with Gasteiger partial charge in [-0.25, -0.2) is 0 Å². The number of aromatic hydroxyl groups is 2. The van der Waals surface area contributed by atoms with Gasteiger partial charge in [0.25, 0.3) is 0 Å². The van der Waals surface area contributed by atoms with Crippen LogP contribution in [0.2, 0.25) is 0 Å². The summed E-state index contributed by atoms with van der Waals surface area (Å²) in [6.07, 6.45) is -24.1. The molecule has 1 aromatic heterocycles. The van der Waals surface area contributed by atoms with Crippen LogP contribution < -0.4 is 14.9 Å². The van der Waals surface area contributed by atoms with Crippen LogP contribution in [-0.2, 0) is 18.9 Å². The molecule has 19 heteroatoms. The van der Waals surface area contributed by atoms with Crippen molar-refractivity contribution in [2.45, 2.75) is 106 Å². The molecule has 3 saturated heterocycles. The van der Waals surface area contributed by atoms with Gasteiger partial charge in [0.1, 0.15) is 83.2 Å². The predicted octanol–water partition coefficient (Wildman–Crippen LogP) is -2.89. The Bertz CT molecular complexity index is 1780. The number of rotatable bonds is 8. The van der Waals surface area contributed by atoms with Gasteiger partial charge < -0.3 is 89.0 Å². The van der Waals surface area contributed by atoms with Crippen LogP contribution in [0.15, 0.2) is 45.6 Å². The molecule has 6 rings (SSSR count). The van der Waals surface area contributed by atoms with Crippen LogP contribution in [-0.4, -0.2) is 155 Å². The molecule has 11 N–H and O–H groups in total. The monoisotopic (exact) mass is 740 g/mol. The van der Waals surface area contributed by atoms with Crippen LogP contribution in [0, 0.1) is 0 Å². The average molecular weight is 741 g/mol. The van der Waals surface area contributed by atoms with Crippen molar-refractivity contribution in [2.75, 3.05) is 6.61 Å². The Morgan fingerprint density at radius 1 is 0.692 bits per heavy atom. The van der Waals surface area contributed by atoms with E-state index in [1.807, 2.05) is 0 Å². The van der Waals surface area contributed by atoms with Crippen molar-refractivity contribution in [3.8, 4) is 34.3 Å². The molecule has 4 heterocycles. The van der Waals surface area contributed by atoms with Gasteiger partial charge >= 0.3 is 0 Å². The summed E-state index contributed by atoms with van der Waals surface area (Å²) in [4.78, 5) is 14.2. The maximum atomic E-state index is 14.2. The molecule has 0 saturated carbocycles. The van der Waals surface area contributed by atoms with Gasteiger partial charge in [-0.15, -0.1) is 0 Å². The summed E-state index contributed by atoms with van der Waals surface area (Å²) in [5.74, 6) is -2.27. The van der Waals surface area contributed by atoms with E-state index >= 15 is 0 Å². The topological polar surface area (TPSA) is 308 Å². The first-order valence-electron chi connectivity index (χ1n) is 16.2. The average Bonchev–Trinajstić information content (AvgIpc) is 3.11. The number of ether oxygens (including phenoxy) is 6. The van der Waals surface area contributed by atoms with Crippen molar-refractivity contribution in [2.24, 2.45) is 0 Å². The highest BCUT2D eigenvalue weighted by atomic mass is 16.8. The summed E-state index contributed by atoms with van der Waals surface area (Å²) in [5, 5.41) is 114. The summed E-state index contributed by atoms with van der Waals surface area (Å²) in [5.41, 5.74) is -1.32. The van der Waals surface area contributed by atoms with Crippen LogP contribution in [0.5, 0.6) is 23.0 Å². The van der Waals surface area contributed by atoms with Crippen molar-refractivity contribution in [1.82, 2.24) is 0 Å². The lowest BCUT2D eigenvalue weighted by molar-refractivity contribution is -0.354. The molecule has 19 nitrogen and oxygen atoms in total. The molecule has 0 amide bonds. The van der Waals surface area contributed by atoms with Gasteiger partial charge in [0.15, 0.2) is 18.2 Å². The van der Waals surface area contributed by atoms with E-state index in [0.29, 0.717) is 0 Å². The van der Waals surface area contributed by atoms with E-state index < -0.39 is 121 Å². The van der Waals surface area contributed by atoms with E-state index in [2.05, 4.69) is 0 Å². The molecular weight excluding hydrogens is 700 g/mol. The Kier molecular flexibility index (Phi) is 11.0. The Morgan fingerprint density at radius 2 is 1.33 bits per heavy atom. The molecule has 0 radical (unpaired) electrons. The predicted molar refractivity (Wildman–Crippen MR) is 170 cm³/mol. The molecule has 0 bridgehead atoms. The van der Waals surface area contributed by atoms with Gasteiger partial charge in [0.05, 0.1) is 18.8 Å². The molecule has 3 aromatic rings. The number of aliphatic hydroxyl groups is 9. The van der Waals surface area contributed by atoms with Gasteiger partial charge in [-0.05, 0) is 26.0 Å². The summed E-state index contributed by atoms with van der Waals surface area (Å²) < 4.78 is 40.0. The maximum absolute atomic E-state index is 14.2. The smallest absolute Gasteiger partial charge is 0.239 e. The standard InChI is InChI=1S/C33H40O19/c1-10-19(37)23(41)26(44)31(46-10)48-14-7-15(36)18-16(8-14)49-28(12-4-3-5-13(35)6-12)29(22(18)40)51-33-30(25(43)21(39)17(9-34)50-33)52-32-27(45)24(42)20(38)11(2)47-32/h3-8,10-11,17,19-21,23-27,30-39,41-45H,9H2,1-2H3/t10-,11-,17+,19-,20-,21-,23+,24+,25-,26+,27+,30+,31-,32-,33-/m0/s1. The first-order chi connectivity index (χ1) is 24.6. The van der Waals surface area contributed by atoms with Gasteiger partial charge in [-0.2, -0.15) is 0 Å². The Hall–Kier alpha value is -3.67. The van der Waals surface area contributed by atoms with Crippen molar-refractivity contribution < 1.29 is 89.0 Å². The molecule has 286 valence electrons. The second-order valence-corrected chi connectivity index (χ2v) is 12.9. The van der Waals surface area contributed by atoms with Crippen molar-refractivity contribution >= 4 is 11.0 Å². The van der Waals surface area contributed by atoms with E-state index in [-0.39, 0.29) is 28.4 Å². The first-order valence-corrected chi connectivity index (χ1v) is 16.2. The van der Waals surface area contributed by atoms with E-state index in [0.717, 1.165) is 12.1 Å². The number of aliphatic hydroxyl groups excluding tert-OH is 9. The zero-order chi connectivity index (χ0) is 37.8. The second-order valence-electron chi connectivity index (χ2n) is 12.9. The Morgan fingerprint density at radius 3 is 1.96 bits per heavy atom. The number of benzene rings is 2. The lowest BCUT2D eigenvalue weighted by Crippen LogP contribution is -2.64. The molecule has 0 unspecified atom stereocenters. The Balaban J connectivity index is 1.42. The maximum Gasteiger partial charge on any atom is 0.239 e. The normalized spacial score (nSPS) is 38.2. The fourth-order valence-electron chi connectivity index (χ4n) is 6.21. The van der Waals surface area contributed by atoms with Gasteiger partial charge in [-0.1, -0.05) is 12.1 Å². The molecule has 52 heavy (non-hydrogen) atoms. The van der Waals surface area contributed by atoms with Gasteiger partial charge in [0, 0.05) is 17.7 Å². The fourth-order valence-corrected chi connectivity index (χ4v) is 6.21. The van der Waals surface area contributed by atoms with E-state index in [9.17, 15) is 61.0 Å². The zero-order valence-electron chi connectivity index (χ0n) is 27.5. The molecule has 15 atom stereocenters. The van der Waals surface area contributed by atoms with E-state index in [1.165, 1.54) is 38.1 Å². The van der Waals surface area contributed by atoms with Crippen LogP contribution in [0.1, 0.15) is 13.8 Å². The van der Waals surface area contributed by atoms with Gasteiger partial charge in [0.2, 0.25) is 23.8 Å². The van der Waals surface area contributed by atoms with Crippen molar-refractivity contribution in [1.29, 1.82) is 0 Å². The van der Waals surface area contributed by atoms with E-state index in [1.54, 1.807) is 0 Å². The van der Waals surface area contributed by atoms with Gasteiger partial charge in [-0.3, -0.25) is 4.79 Å². The molecule has 3 aliphatic heterocycles. The fraction of sp³-hybridized carbons (Fsp3) is 0.545. The van der Waals surface area contributed by atoms with E-state index in [4.69, 9.17) is 32.8 Å². The van der Waals surface area contributed by atoms with Crippen LogP contribution in [0.4, 0.5) is 0 Å². The number of phenolic OH excluding ortho intramolecular Hbond substituents is 2.